The third-order valence-corrected chi connectivity index (χ3v) is 1.95. The summed E-state index contributed by atoms with van der Waals surface area (Å²) in [5.41, 5.74) is 7.00. The van der Waals surface area contributed by atoms with E-state index in [0.29, 0.717) is 11.3 Å². The molecule has 0 bridgehead atoms. The topological polar surface area (TPSA) is 55.1 Å². The molecular formula is C11H14N2O. The van der Waals surface area contributed by atoms with E-state index in [1.165, 1.54) is 0 Å². The van der Waals surface area contributed by atoms with Crippen LogP contribution in [0.2, 0.25) is 0 Å². The molecule has 0 spiro atoms. The predicted octanol–water partition coefficient (Wildman–Crippen LogP) is -0.457. The van der Waals surface area contributed by atoms with Gasteiger partial charge in [-0.25, -0.2) is 0 Å². The van der Waals surface area contributed by atoms with E-state index in [2.05, 4.69) is 5.32 Å². The van der Waals surface area contributed by atoms with Crippen molar-refractivity contribution >= 4 is 18.2 Å². The van der Waals surface area contributed by atoms with Gasteiger partial charge >= 0.3 is 0 Å². The molecule has 1 aromatic carbocycles. The van der Waals surface area contributed by atoms with Crippen molar-refractivity contribution in [1.29, 1.82) is 0 Å². The first kappa shape index (κ1) is 10.3. The Labute approximate surface area is 82.9 Å². The molecule has 0 heterocycles. The van der Waals surface area contributed by atoms with Gasteiger partial charge < -0.3 is 11.1 Å². The normalized spacial score (nSPS) is 13.7. The average Bonchev–Trinajstić information content (AvgIpc) is 2.17. The molecule has 0 amide bonds. The molecule has 0 saturated heterocycles. The third-order valence-electron chi connectivity index (χ3n) is 1.95. The van der Waals surface area contributed by atoms with Crippen LogP contribution in [0.15, 0.2) is 18.2 Å². The molecule has 0 aliphatic carbocycles. The monoisotopic (exact) mass is 190 g/mol. The van der Waals surface area contributed by atoms with Crippen LogP contribution in [0.3, 0.4) is 0 Å². The molecule has 0 aliphatic rings. The van der Waals surface area contributed by atoms with E-state index < -0.39 is 0 Å². The van der Waals surface area contributed by atoms with Gasteiger partial charge in [0.15, 0.2) is 6.29 Å². The van der Waals surface area contributed by atoms with Crippen LogP contribution in [0.5, 0.6) is 0 Å². The minimum absolute atomic E-state index is 0.619. The van der Waals surface area contributed by atoms with Crippen LogP contribution in [-0.2, 0) is 0 Å². The van der Waals surface area contributed by atoms with E-state index in [9.17, 15) is 4.79 Å². The molecule has 3 N–H and O–H groups in total. The van der Waals surface area contributed by atoms with E-state index in [-0.39, 0.29) is 0 Å². The first-order valence-corrected chi connectivity index (χ1v) is 4.38. The number of nitrogens with two attached hydrogens (primary N) is 1. The van der Waals surface area contributed by atoms with Gasteiger partial charge in [0.25, 0.3) is 0 Å². The molecule has 0 saturated carbocycles. The fourth-order valence-electron chi connectivity index (χ4n) is 1.42. The lowest BCUT2D eigenvalue weighted by Gasteiger charge is -1.98. The van der Waals surface area contributed by atoms with Gasteiger partial charge in [0, 0.05) is 29.7 Å². The molecule has 3 heteroatoms. The molecule has 14 heavy (non-hydrogen) atoms. The molecule has 0 aromatic heterocycles. The third kappa shape index (κ3) is 1.93. The molecule has 74 valence electrons. The predicted molar refractivity (Wildman–Crippen MR) is 57.9 cm³/mol. The van der Waals surface area contributed by atoms with Crippen LogP contribution in [0.25, 0.3) is 11.9 Å². The SMILES string of the molecule is CN/C=c1/cccc(C=O)/c1=C(/C)N. The standard InChI is InChI=1S/C11H14N2O/c1-8(12)11-9(6-13-2)4-3-5-10(11)7-14/h3-7,13H,12H2,1-2H3/b9-6-,11-8-. The molecule has 1 aromatic rings. The Bertz CT molecular complexity index is 445. The summed E-state index contributed by atoms with van der Waals surface area (Å²) < 4.78 is 0. The maximum Gasteiger partial charge on any atom is 0.150 e. The summed E-state index contributed by atoms with van der Waals surface area (Å²) in [7, 11) is 1.81. The van der Waals surface area contributed by atoms with Gasteiger partial charge in [0.1, 0.15) is 0 Å². The summed E-state index contributed by atoms with van der Waals surface area (Å²) in [4.78, 5) is 10.8. The number of carbonyl (C=O) groups excluding carboxylic acids is 1. The van der Waals surface area contributed by atoms with Gasteiger partial charge in [-0.05, 0) is 12.1 Å². The first-order chi connectivity index (χ1) is 6.70. The molecule has 0 aliphatic heterocycles. The van der Waals surface area contributed by atoms with Crippen molar-refractivity contribution in [2.45, 2.75) is 6.92 Å². The Kier molecular flexibility index (Phi) is 3.29. The second kappa shape index (κ2) is 4.46. The minimum atomic E-state index is 0.619. The quantitative estimate of drug-likeness (QED) is 0.621. The zero-order valence-corrected chi connectivity index (χ0v) is 8.37. The van der Waals surface area contributed by atoms with Crippen LogP contribution in [0.4, 0.5) is 0 Å². The Hall–Kier alpha value is -1.77. The molecule has 0 radical (unpaired) electrons. The van der Waals surface area contributed by atoms with Gasteiger partial charge in [-0.15, -0.1) is 0 Å². The number of carbonyl (C=O) groups is 1. The highest BCUT2D eigenvalue weighted by Crippen LogP contribution is 1.85. The van der Waals surface area contributed by atoms with Crippen LogP contribution in [0, 0.1) is 0 Å². The number of hydrogen-bond donors (Lipinski definition) is 2. The molecule has 0 unspecified atom stereocenters. The maximum atomic E-state index is 10.8. The zero-order chi connectivity index (χ0) is 10.6. The van der Waals surface area contributed by atoms with E-state index in [1.54, 1.807) is 13.0 Å². The van der Waals surface area contributed by atoms with Crippen LogP contribution >= 0.6 is 0 Å². The highest BCUT2D eigenvalue weighted by Gasteiger charge is 1.96. The lowest BCUT2D eigenvalue weighted by molar-refractivity contribution is 0.112. The molecule has 1 rings (SSSR count). The molecule has 0 fully saturated rings. The van der Waals surface area contributed by atoms with Gasteiger partial charge in [0.05, 0.1) is 0 Å². The summed E-state index contributed by atoms with van der Waals surface area (Å²) in [5.74, 6) is 0. The Morgan fingerprint density at radius 3 is 2.71 bits per heavy atom. The van der Waals surface area contributed by atoms with Gasteiger partial charge in [-0.3, -0.25) is 4.79 Å². The van der Waals surface area contributed by atoms with Crippen molar-refractivity contribution in [2.24, 2.45) is 5.73 Å². The molecule has 3 nitrogen and oxygen atoms in total. The van der Waals surface area contributed by atoms with Crippen molar-refractivity contribution < 1.29 is 4.79 Å². The largest absolute Gasteiger partial charge is 0.402 e. The molecular weight excluding hydrogens is 176 g/mol. The van der Waals surface area contributed by atoms with E-state index in [0.717, 1.165) is 16.7 Å². The van der Waals surface area contributed by atoms with E-state index >= 15 is 0 Å². The van der Waals surface area contributed by atoms with E-state index in [4.69, 9.17) is 5.73 Å². The van der Waals surface area contributed by atoms with Crippen LogP contribution in [-0.4, -0.2) is 13.3 Å². The number of aldehydes is 1. The Morgan fingerprint density at radius 1 is 1.50 bits per heavy atom. The van der Waals surface area contributed by atoms with E-state index in [1.807, 2.05) is 25.4 Å². The van der Waals surface area contributed by atoms with Crippen molar-refractivity contribution in [1.82, 2.24) is 5.32 Å². The number of rotatable bonds is 2. The van der Waals surface area contributed by atoms with Crippen molar-refractivity contribution in [3.05, 3.63) is 34.2 Å². The Balaban J connectivity index is 3.71. The number of hydrogen-bond acceptors (Lipinski definition) is 3. The fraction of sp³-hybridized carbons (Fsp3) is 0.182. The highest BCUT2D eigenvalue weighted by atomic mass is 16.1. The van der Waals surface area contributed by atoms with Crippen LogP contribution < -0.4 is 21.5 Å². The summed E-state index contributed by atoms with van der Waals surface area (Å²) in [6.45, 7) is 1.79. The summed E-state index contributed by atoms with van der Waals surface area (Å²) in [6.07, 6.45) is 2.64. The van der Waals surface area contributed by atoms with Crippen LogP contribution in [0.1, 0.15) is 17.3 Å². The number of benzene rings is 1. The van der Waals surface area contributed by atoms with Crippen molar-refractivity contribution in [3.8, 4) is 0 Å². The van der Waals surface area contributed by atoms with Crippen molar-refractivity contribution in [3.63, 3.8) is 0 Å². The summed E-state index contributed by atoms with van der Waals surface area (Å²) >= 11 is 0. The second-order valence-corrected chi connectivity index (χ2v) is 3.05. The lowest BCUT2D eigenvalue weighted by atomic mass is 10.1. The maximum absolute atomic E-state index is 10.8. The fourth-order valence-corrected chi connectivity index (χ4v) is 1.42. The molecule has 0 atom stereocenters. The second-order valence-electron chi connectivity index (χ2n) is 3.05. The van der Waals surface area contributed by atoms with Gasteiger partial charge in [-0.1, -0.05) is 18.2 Å². The lowest BCUT2D eigenvalue weighted by Crippen LogP contribution is -2.33. The summed E-state index contributed by atoms with van der Waals surface area (Å²) in [5, 5.41) is 4.65. The minimum Gasteiger partial charge on any atom is -0.402 e. The zero-order valence-electron chi connectivity index (χ0n) is 8.37. The first-order valence-electron chi connectivity index (χ1n) is 4.38. The van der Waals surface area contributed by atoms with Gasteiger partial charge in [0.2, 0.25) is 0 Å². The van der Waals surface area contributed by atoms with Crippen molar-refractivity contribution in [2.75, 3.05) is 7.05 Å². The number of nitrogens with one attached hydrogen (secondary N) is 1. The van der Waals surface area contributed by atoms with Gasteiger partial charge in [-0.2, -0.15) is 0 Å². The average molecular weight is 190 g/mol. The summed E-state index contributed by atoms with van der Waals surface area (Å²) in [6, 6.07) is 5.50. The Morgan fingerprint density at radius 2 is 2.21 bits per heavy atom. The smallest absolute Gasteiger partial charge is 0.150 e. The highest BCUT2D eigenvalue weighted by molar-refractivity contribution is 5.76.